The highest BCUT2D eigenvalue weighted by molar-refractivity contribution is 5.76. The molecule has 0 bridgehead atoms. The van der Waals surface area contributed by atoms with E-state index in [4.69, 9.17) is 4.74 Å². The number of amides is 1. The summed E-state index contributed by atoms with van der Waals surface area (Å²) in [7, 11) is 0. The van der Waals surface area contributed by atoms with Gasteiger partial charge in [-0.1, -0.05) is 0 Å². The van der Waals surface area contributed by atoms with E-state index in [1.165, 1.54) is 45.3 Å². The highest BCUT2D eigenvalue weighted by atomic mass is 16.5. The van der Waals surface area contributed by atoms with Gasteiger partial charge in [0.2, 0.25) is 5.91 Å². The number of hydrogen-bond acceptors (Lipinski definition) is 3. The first-order chi connectivity index (χ1) is 9.26. The first-order valence-electron chi connectivity index (χ1n) is 7.83. The normalized spacial score (nSPS) is 29.6. The Balaban J connectivity index is 1.37. The zero-order valence-electron chi connectivity index (χ0n) is 11.8. The zero-order valence-corrected chi connectivity index (χ0v) is 11.8. The van der Waals surface area contributed by atoms with Crippen molar-refractivity contribution in [3.63, 3.8) is 0 Å². The van der Waals surface area contributed by atoms with Gasteiger partial charge in [-0.3, -0.25) is 4.79 Å². The van der Waals surface area contributed by atoms with Crippen LogP contribution in [0.2, 0.25) is 0 Å². The van der Waals surface area contributed by atoms with Crippen LogP contribution in [0.4, 0.5) is 0 Å². The Morgan fingerprint density at radius 2 is 2.11 bits per heavy atom. The van der Waals surface area contributed by atoms with Gasteiger partial charge in [0.15, 0.2) is 0 Å². The maximum absolute atomic E-state index is 11.9. The van der Waals surface area contributed by atoms with E-state index in [9.17, 15) is 4.79 Å². The van der Waals surface area contributed by atoms with Crippen LogP contribution in [0, 0.1) is 11.3 Å². The molecule has 0 aromatic carbocycles. The molecule has 1 N–H and O–H groups in total. The Kier molecular flexibility index (Phi) is 4.08. The predicted molar refractivity (Wildman–Crippen MR) is 73.9 cm³/mol. The van der Waals surface area contributed by atoms with E-state index in [1.54, 1.807) is 0 Å². The first kappa shape index (κ1) is 13.4. The van der Waals surface area contributed by atoms with Crippen LogP contribution in [-0.4, -0.2) is 50.2 Å². The van der Waals surface area contributed by atoms with E-state index in [2.05, 4.69) is 10.2 Å². The molecule has 3 fully saturated rings. The third-order valence-corrected chi connectivity index (χ3v) is 4.87. The molecule has 4 heteroatoms. The van der Waals surface area contributed by atoms with E-state index >= 15 is 0 Å². The molecule has 1 atom stereocenters. The molecular formula is C15H26N2O2. The molecule has 2 heterocycles. The van der Waals surface area contributed by atoms with Crippen LogP contribution in [0.1, 0.15) is 38.5 Å². The second kappa shape index (κ2) is 5.80. The molecule has 3 aliphatic rings. The summed E-state index contributed by atoms with van der Waals surface area (Å²) in [6.45, 7) is 6.20. The predicted octanol–water partition coefficient (Wildman–Crippen LogP) is 1.41. The van der Waals surface area contributed by atoms with Gasteiger partial charge >= 0.3 is 0 Å². The molecule has 4 nitrogen and oxygen atoms in total. The van der Waals surface area contributed by atoms with Crippen LogP contribution in [0.5, 0.6) is 0 Å². The summed E-state index contributed by atoms with van der Waals surface area (Å²) in [4.78, 5) is 14.5. The van der Waals surface area contributed by atoms with Crippen LogP contribution < -0.4 is 5.32 Å². The van der Waals surface area contributed by atoms with Gasteiger partial charge in [-0.25, -0.2) is 0 Å². The average molecular weight is 266 g/mol. The van der Waals surface area contributed by atoms with Crippen molar-refractivity contribution in [1.82, 2.24) is 10.2 Å². The fourth-order valence-corrected chi connectivity index (χ4v) is 3.35. The minimum atomic E-state index is 0.225. The minimum Gasteiger partial charge on any atom is -0.381 e. The van der Waals surface area contributed by atoms with Gasteiger partial charge in [-0.15, -0.1) is 0 Å². The lowest BCUT2D eigenvalue weighted by molar-refractivity contribution is -0.122. The molecule has 3 rings (SSSR count). The van der Waals surface area contributed by atoms with Crippen LogP contribution >= 0.6 is 0 Å². The molecule has 1 amide bonds. The largest absolute Gasteiger partial charge is 0.381 e. The monoisotopic (exact) mass is 266 g/mol. The van der Waals surface area contributed by atoms with Gasteiger partial charge in [0.05, 0.1) is 0 Å². The molecular weight excluding hydrogens is 240 g/mol. The van der Waals surface area contributed by atoms with E-state index in [0.717, 1.165) is 26.2 Å². The maximum Gasteiger partial charge on any atom is 0.220 e. The molecule has 108 valence electrons. The second-order valence-electron chi connectivity index (χ2n) is 6.69. The Morgan fingerprint density at radius 1 is 1.32 bits per heavy atom. The Hall–Kier alpha value is -0.610. The number of carbonyl (C=O) groups is 1. The van der Waals surface area contributed by atoms with Gasteiger partial charge in [-0.05, 0) is 51.1 Å². The Bertz CT molecular complexity index is 316. The third-order valence-electron chi connectivity index (χ3n) is 4.87. The minimum absolute atomic E-state index is 0.225. The summed E-state index contributed by atoms with van der Waals surface area (Å²) in [5.41, 5.74) is 0.409. The second-order valence-corrected chi connectivity index (χ2v) is 6.69. The van der Waals surface area contributed by atoms with Crippen molar-refractivity contribution >= 4 is 5.91 Å². The van der Waals surface area contributed by atoms with Gasteiger partial charge in [0.1, 0.15) is 0 Å². The molecule has 19 heavy (non-hydrogen) atoms. The van der Waals surface area contributed by atoms with E-state index in [1.807, 2.05) is 0 Å². The highest BCUT2D eigenvalue weighted by Crippen LogP contribution is 2.46. The molecule has 2 saturated heterocycles. The van der Waals surface area contributed by atoms with Crippen molar-refractivity contribution in [3.8, 4) is 0 Å². The zero-order chi connectivity index (χ0) is 13.1. The molecule has 1 aliphatic carbocycles. The first-order valence-corrected chi connectivity index (χ1v) is 7.83. The van der Waals surface area contributed by atoms with E-state index in [-0.39, 0.29) is 5.91 Å². The van der Waals surface area contributed by atoms with Crippen molar-refractivity contribution < 1.29 is 9.53 Å². The SMILES string of the molecule is O=C(CC1CCOC1)NCC1(CN2CCCC2)CC1. The average Bonchev–Trinajstić information content (AvgIpc) is 2.84. The molecule has 1 unspecified atom stereocenters. The number of likely N-dealkylation sites (tertiary alicyclic amines) is 1. The molecule has 2 aliphatic heterocycles. The summed E-state index contributed by atoms with van der Waals surface area (Å²) in [6.07, 6.45) is 6.98. The number of ether oxygens (including phenoxy) is 1. The highest BCUT2D eigenvalue weighted by Gasteiger charge is 2.44. The summed E-state index contributed by atoms with van der Waals surface area (Å²) in [5, 5.41) is 3.17. The fourth-order valence-electron chi connectivity index (χ4n) is 3.35. The van der Waals surface area contributed by atoms with Crippen LogP contribution in [0.3, 0.4) is 0 Å². The van der Waals surface area contributed by atoms with Crippen LogP contribution in [0.15, 0.2) is 0 Å². The molecule has 0 aromatic rings. The van der Waals surface area contributed by atoms with Gasteiger partial charge in [0, 0.05) is 38.1 Å². The summed E-state index contributed by atoms with van der Waals surface area (Å²) in [5.74, 6) is 0.678. The Labute approximate surface area is 115 Å². The van der Waals surface area contributed by atoms with Gasteiger partial charge < -0.3 is 15.0 Å². The Morgan fingerprint density at radius 3 is 2.74 bits per heavy atom. The van der Waals surface area contributed by atoms with Gasteiger partial charge in [0.25, 0.3) is 0 Å². The third kappa shape index (κ3) is 3.69. The van der Waals surface area contributed by atoms with Crippen molar-refractivity contribution in [2.45, 2.75) is 38.5 Å². The lowest BCUT2D eigenvalue weighted by Crippen LogP contribution is -2.37. The number of nitrogens with zero attached hydrogens (tertiary/aromatic N) is 1. The van der Waals surface area contributed by atoms with Crippen molar-refractivity contribution in [2.75, 3.05) is 39.4 Å². The smallest absolute Gasteiger partial charge is 0.220 e. The van der Waals surface area contributed by atoms with Crippen molar-refractivity contribution in [2.24, 2.45) is 11.3 Å². The number of carbonyl (C=O) groups excluding carboxylic acids is 1. The topological polar surface area (TPSA) is 41.6 Å². The number of hydrogen-bond donors (Lipinski definition) is 1. The van der Waals surface area contributed by atoms with Crippen molar-refractivity contribution in [3.05, 3.63) is 0 Å². The van der Waals surface area contributed by atoms with Crippen LogP contribution in [-0.2, 0) is 9.53 Å². The molecule has 0 spiro atoms. The molecule has 0 aromatic heterocycles. The molecule has 0 radical (unpaired) electrons. The van der Waals surface area contributed by atoms with Gasteiger partial charge in [-0.2, -0.15) is 0 Å². The summed E-state index contributed by atoms with van der Waals surface area (Å²) >= 11 is 0. The number of rotatable bonds is 6. The maximum atomic E-state index is 11.9. The van der Waals surface area contributed by atoms with E-state index in [0.29, 0.717) is 17.8 Å². The van der Waals surface area contributed by atoms with E-state index < -0.39 is 0 Å². The lowest BCUT2D eigenvalue weighted by atomic mass is 10.0. The molecule has 1 saturated carbocycles. The summed E-state index contributed by atoms with van der Waals surface area (Å²) in [6, 6.07) is 0. The number of nitrogens with one attached hydrogen (secondary N) is 1. The quantitative estimate of drug-likeness (QED) is 0.790. The van der Waals surface area contributed by atoms with Crippen LogP contribution in [0.25, 0.3) is 0 Å². The fraction of sp³-hybridized carbons (Fsp3) is 0.933. The van der Waals surface area contributed by atoms with Crippen molar-refractivity contribution in [1.29, 1.82) is 0 Å². The summed E-state index contributed by atoms with van der Waals surface area (Å²) < 4.78 is 5.32. The lowest BCUT2D eigenvalue weighted by Gasteiger charge is -2.23. The standard InChI is InChI=1S/C15H26N2O2/c18-14(9-13-3-8-19-10-13)16-11-15(4-5-15)12-17-6-1-2-7-17/h13H,1-12H2,(H,16,18).